The molecule has 0 radical (unpaired) electrons. The van der Waals surface area contributed by atoms with Gasteiger partial charge in [0, 0.05) is 5.69 Å². The van der Waals surface area contributed by atoms with Crippen LogP contribution in [-0.4, -0.2) is 27.5 Å². The van der Waals surface area contributed by atoms with Crippen molar-refractivity contribution in [1.82, 2.24) is 0 Å². The summed E-state index contributed by atoms with van der Waals surface area (Å²) in [5, 5.41) is 2.94. The molecule has 0 fully saturated rings. The van der Waals surface area contributed by atoms with Crippen molar-refractivity contribution in [3.8, 4) is 5.75 Å². The zero-order valence-corrected chi connectivity index (χ0v) is 20.2. The predicted molar refractivity (Wildman–Crippen MR) is 132 cm³/mol. The molecule has 0 aliphatic heterocycles. The molecule has 3 aromatic rings. The molecule has 0 unspecified atom stereocenters. The monoisotopic (exact) mass is 466 g/mol. The average Bonchev–Trinajstić information content (AvgIpc) is 2.79. The van der Waals surface area contributed by atoms with E-state index >= 15 is 0 Å². The Morgan fingerprint density at radius 2 is 1.64 bits per heavy atom. The number of benzene rings is 3. The summed E-state index contributed by atoms with van der Waals surface area (Å²) in [6, 6.07) is 20.7. The summed E-state index contributed by atoms with van der Waals surface area (Å²) in [7, 11) is -3.99. The highest BCUT2D eigenvalue weighted by Crippen LogP contribution is 2.29. The highest BCUT2D eigenvalue weighted by Gasteiger charge is 2.27. The first-order chi connectivity index (χ1) is 15.7. The highest BCUT2D eigenvalue weighted by atomic mass is 32.2. The quantitative estimate of drug-likeness (QED) is 0.461. The van der Waals surface area contributed by atoms with E-state index < -0.39 is 15.9 Å². The van der Waals surface area contributed by atoms with Gasteiger partial charge in [-0.15, -0.1) is 0 Å². The van der Waals surface area contributed by atoms with Gasteiger partial charge in [-0.1, -0.05) is 50.2 Å². The van der Waals surface area contributed by atoms with Gasteiger partial charge in [0.15, 0.2) is 0 Å². The molecule has 0 atom stereocenters. The van der Waals surface area contributed by atoms with E-state index in [0.29, 0.717) is 18.0 Å². The maximum atomic E-state index is 13.5. The first kappa shape index (κ1) is 24.3. The van der Waals surface area contributed by atoms with Gasteiger partial charge >= 0.3 is 0 Å². The van der Waals surface area contributed by atoms with Crippen LogP contribution in [0, 0.1) is 6.92 Å². The summed E-state index contributed by atoms with van der Waals surface area (Å²) in [4.78, 5) is 13.2. The lowest BCUT2D eigenvalue weighted by Gasteiger charge is -2.25. The largest absolute Gasteiger partial charge is 0.494 e. The van der Waals surface area contributed by atoms with Gasteiger partial charge in [-0.05, 0) is 67.3 Å². The number of hydrogen-bond donors (Lipinski definition) is 1. The van der Waals surface area contributed by atoms with Crippen molar-refractivity contribution in [2.75, 3.05) is 22.8 Å². The molecule has 0 aliphatic rings. The number of rotatable bonds is 9. The highest BCUT2D eigenvalue weighted by molar-refractivity contribution is 7.92. The van der Waals surface area contributed by atoms with Crippen LogP contribution in [0.15, 0.2) is 77.7 Å². The fraction of sp³-hybridized carbons (Fsp3) is 0.269. The molecule has 33 heavy (non-hydrogen) atoms. The van der Waals surface area contributed by atoms with Crippen LogP contribution in [0.25, 0.3) is 0 Å². The lowest BCUT2D eigenvalue weighted by molar-refractivity contribution is -0.114. The Morgan fingerprint density at radius 3 is 2.24 bits per heavy atom. The van der Waals surface area contributed by atoms with Crippen LogP contribution in [-0.2, 0) is 14.8 Å². The second-order valence-corrected chi connectivity index (χ2v) is 9.86. The molecule has 1 amide bonds. The number of para-hydroxylation sites is 2. The van der Waals surface area contributed by atoms with E-state index in [1.807, 2.05) is 32.0 Å². The van der Waals surface area contributed by atoms with Gasteiger partial charge in [0.1, 0.15) is 12.3 Å². The SMILES string of the molecule is CCOc1ccc(S(=O)(=O)N(CC(=O)Nc2c(C)cccc2C(C)C)c2ccccc2)cc1. The van der Waals surface area contributed by atoms with Crippen LogP contribution >= 0.6 is 0 Å². The number of carbonyl (C=O) groups excluding carboxylic acids is 1. The Morgan fingerprint density at radius 1 is 0.970 bits per heavy atom. The van der Waals surface area contributed by atoms with Crippen LogP contribution in [0.1, 0.15) is 37.8 Å². The van der Waals surface area contributed by atoms with E-state index in [2.05, 4.69) is 19.2 Å². The third-order valence-electron chi connectivity index (χ3n) is 5.25. The van der Waals surface area contributed by atoms with Crippen molar-refractivity contribution < 1.29 is 17.9 Å². The second kappa shape index (κ2) is 10.5. The zero-order valence-electron chi connectivity index (χ0n) is 19.4. The number of aryl methyl sites for hydroxylation is 1. The van der Waals surface area contributed by atoms with E-state index in [4.69, 9.17) is 4.74 Å². The lowest BCUT2D eigenvalue weighted by atomic mass is 9.98. The normalized spacial score (nSPS) is 11.3. The first-order valence-electron chi connectivity index (χ1n) is 10.9. The number of nitrogens with zero attached hydrogens (tertiary/aromatic N) is 1. The topological polar surface area (TPSA) is 75.7 Å². The minimum atomic E-state index is -3.99. The Kier molecular flexibility index (Phi) is 7.76. The third-order valence-corrected chi connectivity index (χ3v) is 7.03. The average molecular weight is 467 g/mol. The molecule has 7 heteroatoms. The van der Waals surface area contributed by atoms with E-state index in [1.165, 1.54) is 12.1 Å². The lowest BCUT2D eigenvalue weighted by Crippen LogP contribution is -2.38. The second-order valence-electron chi connectivity index (χ2n) is 7.99. The summed E-state index contributed by atoms with van der Waals surface area (Å²) < 4.78 is 33.6. The molecule has 1 N–H and O–H groups in total. The molecular weight excluding hydrogens is 436 g/mol. The van der Waals surface area contributed by atoms with E-state index in [9.17, 15) is 13.2 Å². The minimum absolute atomic E-state index is 0.0846. The summed E-state index contributed by atoms with van der Waals surface area (Å²) >= 11 is 0. The van der Waals surface area contributed by atoms with Gasteiger partial charge < -0.3 is 10.1 Å². The molecule has 6 nitrogen and oxygen atoms in total. The molecule has 3 aromatic carbocycles. The smallest absolute Gasteiger partial charge is 0.264 e. The van der Waals surface area contributed by atoms with Gasteiger partial charge in [-0.2, -0.15) is 0 Å². The molecule has 0 bridgehead atoms. The molecule has 0 aromatic heterocycles. The van der Waals surface area contributed by atoms with Crippen LogP contribution < -0.4 is 14.4 Å². The van der Waals surface area contributed by atoms with Crippen LogP contribution in [0.2, 0.25) is 0 Å². The van der Waals surface area contributed by atoms with Crippen molar-refractivity contribution in [3.63, 3.8) is 0 Å². The summed E-state index contributed by atoms with van der Waals surface area (Å²) in [6.45, 7) is 8.02. The zero-order chi connectivity index (χ0) is 24.0. The van der Waals surface area contributed by atoms with Crippen molar-refractivity contribution in [2.45, 2.75) is 38.5 Å². The van der Waals surface area contributed by atoms with Crippen LogP contribution in [0.4, 0.5) is 11.4 Å². The van der Waals surface area contributed by atoms with Gasteiger partial charge in [-0.25, -0.2) is 8.42 Å². The number of ether oxygens (including phenoxy) is 1. The number of hydrogen-bond acceptors (Lipinski definition) is 4. The fourth-order valence-electron chi connectivity index (χ4n) is 3.56. The summed E-state index contributed by atoms with van der Waals surface area (Å²) in [5.74, 6) is 0.379. The van der Waals surface area contributed by atoms with Gasteiger partial charge in [0.25, 0.3) is 10.0 Å². The number of amides is 1. The Bertz CT molecular complexity index is 1190. The van der Waals surface area contributed by atoms with E-state index in [0.717, 1.165) is 21.1 Å². The summed E-state index contributed by atoms with van der Waals surface area (Å²) in [5.41, 5.74) is 3.07. The van der Waals surface area contributed by atoms with Gasteiger partial charge in [0.05, 0.1) is 17.2 Å². The number of nitrogens with one attached hydrogen (secondary N) is 1. The number of carbonyl (C=O) groups is 1. The van der Waals surface area contributed by atoms with Crippen molar-refractivity contribution in [3.05, 3.63) is 83.9 Å². The van der Waals surface area contributed by atoms with E-state index in [-0.39, 0.29) is 17.4 Å². The predicted octanol–water partition coefficient (Wildman–Crippen LogP) is 5.35. The summed E-state index contributed by atoms with van der Waals surface area (Å²) in [6.07, 6.45) is 0. The van der Waals surface area contributed by atoms with Crippen LogP contribution in [0.5, 0.6) is 5.75 Å². The Balaban J connectivity index is 1.94. The standard InChI is InChI=1S/C26H30N2O4S/c1-5-32-22-14-16-23(17-15-22)33(30,31)28(21-11-7-6-8-12-21)18-25(29)27-26-20(4)10-9-13-24(26)19(2)3/h6-17,19H,5,18H2,1-4H3,(H,27,29). The molecule has 174 valence electrons. The minimum Gasteiger partial charge on any atom is -0.494 e. The molecule has 0 spiro atoms. The van der Waals surface area contributed by atoms with Crippen molar-refractivity contribution in [2.24, 2.45) is 0 Å². The number of sulfonamides is 1. The van der Waals surface area contributed by atoms with Crippen LogP contribution in [0.3, 0.4) is 0 Å². The molecule has 0 heterocycles. The van der Waals surface area contributed by atoms with Gasteiger partial charge in [-0.3, -0.25) is 9.10 Å². The van der Waals surface area contributed by atoms with E-state index in [1.54, 1.807) is 42.5 Å². The Hall–Kier alpha value is -3.32. The molecular formula is C26H30N2O4S. The van der Waals surface area contributed by atoms with Crippen molar-refractivity contribution in [1.29, 1.82) is 0 Å². The van der Waals surface area contributed by atoms with Gasteiger partial charge in [0.2, 0.25) is 5.91 Å². The van der Waals surface area contributed by atoms with Crippen molar-refractivity contribution >= 4 is 27.3 Å². The number of anilines is 2. The first-order valence-corrected chi connectivity index (χ1v) is 12.4. The maximum Gasteiger partial charge on any atom is 0.264 e. The molecule has 0 saturated heterocycles. The molecule has 0 aliphatic carbocycles. The molecule has 0 saturated carbocycles. The fourth-order valence-corrected chi connectivity index (χ4v) is 4.98. The Labute approximate surface area is 196 Å². The maximum absolute atomic E-state index is 13.5. The third kappa shape index (κ3) is 5.73. The molecule has 3 rings (SSSR count).